The van der Waals surface area contributed by atoms with Gasteiger partial charge < -0.3 is 9.84 Å². The van der Waals surface area contributed by atoms with Gasteiger partial charge in [-0.1, -0.05) is 5.57 Å². The molecule has 0 bridgehead atoms. The molecule has 0 fully saturated rings. The molecule has 0 atom stereocenters. The maximum atomic E-state index is 11.7. The number of rotatable bonds is 3. The van der Waals surface area contributed by atoms with Crippen LogP contribution in [0.15, 0.2) is 29.8 Å². The smallest absolute Gasteiger partial charge is 0.189 e. The van der Waals surface area contributed by atoms with E-state index in [1.165, 1.54) is 25.3 Å². The lowest BCUT2D eigenvalue weighted by molar-refractivity contribution is 0.104. The number of allylic oxidation sites excluding steroid dienone is 2. The van der Waals surface area contributed by atoms with Gasteiger partial charge in [-0.2, -0.15) is 0 Å². The van der Waals surface area contributed by atoms with Crippen LogP contribution in [0.25, 0.3) is 0 Å². The average molecular weight is 206 g/mol. The third-order valence-corrected chi connectivity index (χ3v) is 1.87. The average Bonchev–Trinajstić information content (AvgIpc) is 2.16. The number of ether oxygens (including phenoxy) is 1. The minimum Gasteiger partial charge on any atom is -0.508 e. The number of ketones is 1. The Balaban J connectivity index is 3.14. The van der Waals surface area contributed by atoms with Crippen molar-refractivity contribution in [1.82, 2.24) is 0 Å². The second kappa shape index (κ2) is 4.64. The van der Waals surface area contributed by atoms with E-state index in [4.69, 9.17) is 4.74 Å². The highest BCUT2D eigenvalue weighted by atomic mass is 16.5. The Hall–Kier alpha value is -1.77. The molecule has 80 valence electrons. The van der Waals surface area contributed by atoms with Gasteiger partial charge in [-0.3, -0.25) is 4.79 Å². The van der Waals surface area contributed by atoms with Crippen LogP contribution in [0.2, 0.25) is 0 Å². The molecule has 0 spiro atoms. The Bertz CT molecular complexity index is 401. The summed E-state index contributed by atoms with van der Waals surface area (Å²) in [6, 6.07) is 4.44. The van der Waals surface area contributed by atoms with Gasteiger partial charge in [-0.25, -0.2) is 0 Å². The molecule has 3 nitrogen and oxygen atoms in total. The second-order valence-corrected chi connectivity index (χ2v) is 3.47. The first-order valence-electron chi connectivity index (χ1n) is 4.61. The third kappa shape index (κ3) is 2.84. The topological polar surface area (TPSA) is 46.5 Å². The van der Waals surface area contributed by atoms with Crippen molar-refractivity contribution in [2.75, 3.05) is 7.11 Å². The molecule has 1 aromatic carbocycles. The van der Waals surface area contributed by atoms with Crippen molar-refractivity contribution < 1.29 is 14.6 Å². The Morgan fingerprint density at radius 3 is 2.60 bits per heavy atom. The molecular formula is C12H14O3. The summed E-state index contributed by atoms with van der Waals surface area (Å²) in [4.78, 5) is 11.7. The summed E-state index contributed by atoms with van der Waals surface area (Å²) in [5.74, 6) is 0.352. The predicted molar refractivity (Wildman–Crippen MR) is 58.4 cm³/mol. The van der Waals surface area contributed by atoms with Crippen LogP contribution in [0.4, 0.5) is 0 Å². The van der Waals surface area contributed by atoms with Gasteiger partial charge in [-0.05, 0) is 32.1 Å². The summed E-state index contributed by atoms with van der Waals surface area (Å²) < 4.78 is 5.02. The molecule has 0 heterocycles. The van der Waals surface area contributed by atoms with Gasteiger partial charge in [0, 0.05) is 6.07 Å². The van der Waals surface area contributed by atoms with E-state index in [1.807, 2.05) is 13.8 Å². The van der Waals surface area contributed by atoms with Crippen LogP contribution in [0.5, 0.6) is 11.5 Å². The Labute approximate surface area is 89.0 Å². The number of hydrogen-bond acceptors (Lipinski definition) is 3. The van der Waals surface area contributed by atoms with Gasteiger partial charge in [0.05, 0.1) is 12.7 Å². The molecule has 3 heteroatoms. The number of carbonyl (C=O) groups is 1. The van der Waals surface area contributed by atoms with Crippen LogP contribution >= 0.6 is 0 Å². The highest BCUT2D eigenvalue weighted by molar-refractivity contribution is 6.06. The van der Waals surface area contributed by atoms with Crippen molar-refractivity contribution in [3.8, 4) is 11.5 Å². The predicted octanol–water partition coefficient (Wildman–Crippen LogP) is 2.55. The van der Waals surface area contributed by atoms with Gasteiger partial charge in [0.25, 0.3) is 0 Å². The molecule has 1 N–H and O–H groups in total. The number of hydrogen-bond donors (Lipinski definition) is 1. The van der Waals surface area contributed by atoms with E-state index in [9.17, 15) is 9.90 Å². The first kappa shape index (κ1) is 11.3. The number of methoxy groups -OCH3 is 1. The molecule has 0 radical (unpaired) electrons. The van der Waals surface area contributed by atoms with Crippen LogP contribution < -0.4 is 4.74 Å². The van der Waals surface area contributed by atoms with Gasteiger partial charge in [0.1, 0.15) is 11.5 Å². The van der Waals surface area contributed by atoms with E-state index in [-0.39, 0.29) is 11.5 Å². The number of phenols is 1. The lowest BCUT2D eigenvalue weighted by atomic mass is 10.1. The Morgan fingerprint density at radius 1 is 1.40 bits per heavy atom. The van der Waals surface area contributed by atoms with Crippen LogP contribution in [0.3, 0.4) is 0 Å². The standard InChI is InChI=1S/C12H14O3/c1-8(2)6-11(14)10-5-4-9(13)7-12(10)15-3/h4-7,13H,1-3H3. The highest BCUT2D eigenvalue weighted by Gasteiger charge is 2.10. The minimum absolute atomic E-state index is 0.0839. The number of phenolic OH excluding ortho intramolecular Hbond substituents is 1. The zero-order valence-electron chi connectivity index (χ0n) is 9.07. The number of aromatic hydroxyl groups is 1. The molecule has 0 amide bonds. The molecule has 1 rings (SSSR count). The van der Waals surface area contributed by atoms with Gasteiger partial charge >= 0.3 is 0 Å². The molecular weight excluding hydrogens is 192 g/mol. The SMILES string of the molecule is COc1cc(O)ccc1C(=O)C=C(C)C. The maximum absolute atomic E-state index is 11.7. The molecule has 1 aromatic rings. The van der Waals surface area contributed by atoms with Crippen molar-refractivity contribution in [2.45, 2.75) is 13.8 Å². The van der Waals surface area contributed by atoms with E-state index in [2.05, 4.69) is 0 Å². The monoisotopic (exact) mass is 206 g/mol. The van der Waals surface area contributed by atoms with E-state index >= 15 is 0 Å². The minimum atomic E-state index is -0.119. The molecule has 0 saturated carbocycles. The summed E-state index contributed by atoms with van der Waals surface area (Å²) in [5.41, 5.74) is 1.38. The van der Waals surface area contributed by atoms with Crippen molar-refractivity contribution in [1.29, 1.82) is 0 Å². The third-order valence-electron chi connectivity index (χ3n) is 1.87. The molecule has 0 aliphatic heterocycles. The Morgan fingerprint density at radius 2 is 2.07 bits per heavy atom. The summed E-state index contributed by atoms with van der Waals surface area (Å²) in [6.07, 6.45) is 1.54. The largest absolute Gasteiger partial charge is 0.508 e. The van der Waals surface area contributed by atoms with Crippen LogP contribution in [-0.2, 0) is 0 Å². The Kier molecular flexibility index (Phi) is 3.50. The maximum Gasteiger partial charge on any atom is 0.189 e. The number of benzene rings is 1. The van der Waals surface area contributed by atoms with Gasteiger partial charge in [0.15, 0.2) is 5.78 Å². The molecule has 0 aliphatic rings. The zero-order chi connectivity index (χ0) is 11.4. The van der Waals surface area contributed by atoms with Crippen molar-refractivity contribution in [3.63, 3.8) is 0 Å². The molecule has 15 heavy (non-hydrogen) atoms. The molecule has 0 aromatic heterocycles. The van der Waals surface area contributed by atoms with Crippen LogP contribution in [-0.4, -0.2) is 18.0 Å². The lowest BCUT2D eigenvalue weighted by Crippen LogP contribution is -1.99. The van der Waals surface area contributed by atoms with Crippen molar-refractivity contribution in [3.05, 3.63) is 35.4 Å². The fourth-order valence-electron chi connectivity index (χ4n) is 1.22. The second-order valence-electron chi connectivity index (χ2n) is 3.47. The van der Waals surface area contributed by atoms with E-state index < -0.39 is 0 Å². The lowest BCUT2D eigenvalue weighted by Gasteiger charge is -2.06. The van der Waals surface area contributed by atoms with Crippen molar-refractivity contribution >= 4 is 5.78 Å². The fraction of sp³-hybridized carbons (Fsp3) is 0.250. The molecule has 0 aliphatic carbocycles. The first-order valence-corrected chi connectivity index (χ1v) is 4.61. The van der Waals surface area contributed by atoms with Crippen LogP contribution in [0, 0.1) is 0 Å². The van der Waals surface area contributed by atoms with Crippen molar-refractivity contribution in [2.24, 2.45) is 0 Å². The van der Waals surface area contributed by atoms with E-state index in [0.717, 1.165) is 5.57 Å². The summed E-state index contributed by atoms with van der Waals surface area (Å²) in [7, 11) is 1.47. The van der Waals surface area contributed by atoms with E-state index in [1.54, 1.807) is 6.07 Å². The summed E-state index contributed by atoms with van der Waals surface area (Å²) in [5, 5.41) is 9.23. The molecule has 0 unspecified atom stereocenters. The van der Waals surface area contributed by atoms with Gasteiger partial charge in [0.2, 0.25) is 0 Å². The summed E-state index contributed by atoms with van der Waals surface area (Å²) >= 11 is 0. The summed E-state index contributed by atoms with van der Waals surface area (Å²) in [6.45, 7) is 3.70. The molecule has 0 saturated heterocycles. The van der Waals surface area contributed by atoms with Crippen LogP contribution in [0.1, 0.15) is 24.2 Å². The fourth-order valence-corrected chi connectivity index (χ4v) is 1.22. The highest BCUT2D eigenvalue weighted by Crippen LogP contribution is 2.24. The zero-order valence-corrected chi connectivity index (χ0v) is 9.07. The first-order chi connectivity index (χ1) is 7.04. The van der Waals surface area contributed by atoms with Gasteiger partial charge in [-0.15, -0.1) is 0 Å². The van der Waals surface area contributed by atoms with E-state index in [0.29, 0.717) is 11.3 Å². The quantitative estimate of drug-likeness (QED) is 0.610. The number of carbonyl (C=O) groups excluding carboxylic acids is 1. The normalized spacial score (nSPS) is 9.53.